The van der Waals surface area contributed by atoms with Crippen molar-refractivity contribution in [2.24, 2.45) is 22.4 Å². The molecular formula is C22H38N6O5. The number of ether oxygens (including phenoxy) is 1. The Morgan fingerprint density at radius 3 is 2.45 bits per heavy atom. The van der Waals surface area contributed by atoms with Gasteiger partial charge in [0.1, 0.15) is 18.4 Å². The maximum atomic E-state index is 13.4. The normalized spacial score (nSPS) is 19.8. The number of nitrogens with zero attached hydrogens (tertiary/aromatic N) is 2. The number of nitrogens with two attached hydrogens (primary N) is 2. The van der Waals surface area contributed by atoms with E-state index in [0.29, 0.717) is 57.4 Å². The molecule has 1 aliphatic carbocycles. The van der Waals surface area contributed by atoms with Crippen molar-refractivity contribution < 1.29 is 23.9 Å². The number of carbonyl (C=O) groups is 4. The largest absolute Gasteiger partial charge is 0.447 e. The lowest BCUT2D eigenvalue weighted by atomic mass is 9.80. The average Bonchev–Trinajstić information content (AvgIpc) is 3.20. The lowest BCUT2D eigenvalue weighted by Crippen LogP contribution is -2.55. The van der Waals surface area contributed by atoms with Gasteiger partial charge in [-0.2, -0.15) is 0 Å². The van der Waals surface area contributed by atoms with Crippen LogP contribution in [0, 0.1) is 5.92 Å². The van der Waals surface area contributed by atoms with Crippen molar-refractivity contribution >= 4 is 30.2 Å². The van der Waals surface area contributed by atoms with Gasteiger partial charge in [-0.3, -0.25) is 14.6 Å². The van der Waals surface area contributed by atoms with Gasteiger partial charge in [-0.05, 0) is 51.9 Å². The molecule has 3 amide bonds. The molecule has 186 valence electrons. The minimum Gasteiger partial charge on any atom is -0.447 e. The Morgan fingerprint density at radius 2 is 1.88 bits per heavy atom. The van der Waals surface area contributed by atoms with Crippen molar-refractivity contribution in [2.45, 2.75) is 89.4 Å². The van der Waals surface area contributed by atoms with Crippen LogP contribution in [0.3, 0.4) is 0 Å². The van der Waals surface area contributed by atoms with Crippen molar-refractivity contribution in [3.63, 3.8) is 0 Å². The number of carbonyl (C=O) groups excluding carboxylic acids is 4. The van der Waals surface area contributed by atoms with Crippen molar-refractivity contribution in [3.05, 3.63) is 0 Å². The zero-order valence-corrected chi connectivity index (χ0v) is 19.6. The molecule has 0 aromatic rings. The summed E-state index contributed by atoms with van der Waals surface area (Å²) in [5.41, 5.74) is 10.6. The summed E-state index contributed by atoms with van der Waals surface area (Å²) in [7, 11) is 0. The third kappa shape index (κ3) is 8.54. The van der Waals surface area contributed by atoms with Gasteiger partial charge in [0.2, 0.25) is 11.8 Å². The quantitative estimate of drug-likeness (QED) is 0.140. The number of alkyl carbamates (subject to hydrolysis) is 1. The summed E-state index contributed by atoms with van der Waals surface area (Å²) >= 11 is 0. The maximum absolute atomic E-state index is 13.4. The van der Waals surface area contributed by atoms with Crippen molar-refractivity contribution in [1.82, 2.24) is 15.5 Å². The van der Waals surface area contributed by atoms with Gasteiger partial charge in [0.05, 0.1) is 12.1 Å². The highest BCUT2D eigenvalue weighted by molar-refractivity contribution is 5.92. The Labute approximate surface area is 195 Å². The van der Waals surface area contributed by atoms with E-state index < -0.39 is 24.2 Å². The number of likely N-dealkylation sites (tertiary alicyclic amines) is 1. The summed E-state index contributed by atoms with van der Waals surface area (Å²) in [6.45, 7) is 4.26. The molecule has 0 bridgehead atoms. The van der Waals surface area contributed by atoms with Crippen LogP contribution in [0.5, 0.6) is 0 Å². The van der Waals surface area contributed by atoms with E-state index in [1.807, 2.05) is 0 Å². The van der Waals surface area contributed by atoms with E-state index in [0.717, 1.165) is 19.3 Å². The third-order valence-electron chi connectivity index (χ3n) is 6.02. The highest BCUT2D eigenvalue weighted by Gasteiger charge is 2.39. The Hall–Kier alpha value is -2.85. The fourth-order valence-electron chi connectivity index (χ4n) is 4.15. The summed E-state index contributed by atoms with van der Waals surface area (Å²) in [6, 6.07) is -2.10. The van der Waals surface area contributed by atoms with E-state index in [2.05, 4.69) is 15.6 Å². The van der Waals surface area contributed by atoms with Gasteiger partial charge in [0.25, 0.3) is 0 Å². The van der Waals surface area contributed by atoms with Gasteiger partial charge in [-0.1, -0.05) is 19.3 Å². The van der Waals surface area contributed by atoms with E-state index in [-0.39, 0.29) is 23.9 Å². The van der Waals surface area contributed by atoms with Crippen molar-refractivity contribution in [3.8, 4) is 0 Å². The number of hydrogen-bond donors (Lipinski definition) is 4. The molecule has 3 atom stereocenters. The molecule has 0 unspecified atom stereocenters. The molecule has 33 heavy (non-hydrogen) atoms. The fourth-order valence-corrected chi connectivity index (χ4v) is 4.15. The molecule has 1 saturated carbocycles. The van der Waals surface area contributed by atoms with Gasteiger partial charge in [-0.15, -0.1) is 0 Å². The molecule has 2 fully saturated rings. The molecule has 1 heterocycles. The fraction of sp³-hybridized carbons (Fsp3) is 0.773. The van der Waals surface area contributed by atoms with Gasteiger partial charge in [-0.25, -0.2) is 4.79 Å². The molecule has 11 nitrogen and oxygen atoms in total. The van der Waals surface area contributed by atoms with Crippen LogP contribution >= 0.6 is 0 Å². The number of guanidine groups is 1. The second-order valence-corrected chi connectivity index (χ2v) is 9.07. The van der Waals surface area contributed by atoms with Crippen LogP contribution in [-0.4, -0.2) is 72.4 Å². The minimum atomic E-state index is -0.739. The van der Waals surface area contributed by atoms with E-state index in [1.54, 1.807) is 13.8 Å². The lowest BCUT2D eigenvalue weighted by Gasteiger charge is -2.33. The monoisotopic (exact) mass is 466 g/mol. The van der Waals surface area contributed by atoms with E-state index in [9.17, 15) is 19.2 Å². The Morgan fingerprint density at radius 1 is 1.15 bits per heavy atom. The highest BCUT2D eigenvalue weighted by Crippen LogP contribution is 2.31. The second kappa shape index (κ2) is 13.0. The number of aldehydes is 1. The predicted octanol–water partition coefficient (Wildman–Crippen LogP) is 0.408. The van der Waals surface area contributed by atoms with Gasteiger partial charge >= 0.3 is 6.09 Å². The van der Waals surface area contributed by atoms with Crippen molar-refractivity contribution in [2.75, 3.05) is 13.1 Å². The van der Waals surface area contributed by atoms with Crippen LogP contribution in [-0.2, 0) is 19.1 Å². The third-order valence-corrected chi connectivity index (χ3v) is 6.02. The predicted molar refractivity (Wildman–Crippen MR) is 123 cm³/mol. The number of hydrogen-bond acceptors (Lipinski definition) is 6. The number of aliphatic imine (C=N–C) groups is 1. The van der Waals surface area contributed by atoms with E-state index in [4.69, 9.17) is 16.2 Å². The number of amides is 3. The molecule has 6 N–H and O–H groups in total. The Balaban J connectivity index is 1.99. The van der Waals surface area contributed by atoms with Gasteiger partial charge in [0, 0.05) is 13.1 Å². The SMILES string of the molecule is CC(C)OC(=O)N[C@H](CC1CCC1)C(=O)N1CCC[C@H]1C(=O)N[C@H](C=O)CCCN=C(N)N. The first-order valence-electron chi connectivity index (χ1n) is 11.8. The smallest absolute Gasteiger partial charge is 0.408 e. The van der Waals surface area contributed by atoms with Crippen LogP contribution in [0.25, 0.3) is 0 Å². The summed E-state index contributed by atoms with van der Waals surface area (Å²) < 4.78 is 5.17. The molecule has 11 heteroatoms. The van der Waals surface area contributed by atoms with Crippen LogP contribution in [0.4, 0.5) is 4.79 Å². The second-order valence-electron chi connectivity index (χ2n) is 9.07. The Bertz CT molecular complexity index is 720. The maximum Gasteiger partial charge on any atom is 0.408 e. The topological polar surface area (TPSA) is 169 Å². The first kappa shape index (κ1) is 26.4. The first-order valence-corrected chi connectivity index (χ1v) is 11.8. The molecule has 0 aromatic heterocycles. The zero-order chi connectivity index (χ0) is 24.4. The lowest BCUT2D eigenvalue weighted by molar-refractivity contribution is -0.140. The van der Waals surface area contributed by atoms with Gasteiger partial charge < -0.3 is 36.5 Å². The summed E-state index contributed by atoms with van der Waals surface area (Å²) in [5.74, 6) is -0.301. The molecule has 2 rings (SSSR count). The molecule has 0 aromatic carbocycles. The van der Waals surface area contributed by atoms with Crippen molar-refractivity contribution in [1.29, 1.82) is 0 Å². The summed E-state index contributed by atoms with van der Waals surface area (Å²) in [6.07, 6.45) is 5.52. The summed E-state index contributed by atoms with van der Waals surface area (Å²) in [5, 5.41) is 5.43. The number of nitrogens with one attached hydrogen (secondary N) is 2. The molecular weight excluding hydrogens is 428 g/mol. The van der Waals surface area contributed by atoms with Crippen LogP contribution in [0.2, 0.25) is 0 Å². The number of rotatable bonds is 12. The van der Waals surface area contributed by atoms with E-state index in [1.165, 1.54) is 4.90 Å². The zero-order valence-electron chi connectivity index (χ0n) is 19.6. The van der Waals surface area contributed by atoms with Crippen LogP contribution in [0.1, 0.15) is 65.2 Å². The average molecular weight is 467 g/mol. The molecule has 0 radical (unpaired) electrons. The molecule has 2 aliphatic rings. The highest BCUT2D eigenvalue weighted by atomic mass is 16.6. The van der Waals surface area contributed by atoms with Crippen LogP contribution < -0.4 is 22.1 Å². The first-order chi connectivity index (χ1) is 15.7. The molecule has 1 saturated heterocycles. The minimum absolute atomic E-state index is 0.0239. The molecule has 0 spiro atoms. The van der Waals surface area contributed by atoms with E-state index >= 15 is 0 Å². The van der Waals surface area contributed by atoms with Crippen LogP contribution in [0.15, 0.2) is 4.99 Å². The summed E-state index contributed by atoms with van der Waals surface area (Å²) in [4.78, 5) is 55.3. The standard InChI is InChI=1S/C22H38N6O5/c1-14(2)33-22(32)27-17(12-15-6-3-7-15)20(31)28-11-5-9-18(28)19(30)26-16(13-29)8-4-10-25-21(23)24/h13-18H,3-12H2,1-2H3,(H,26,30)(H,27,32)(H4,23,24,25)/t16-,17+,18-/m0/s1. The van der Waals surface area contributed by atoms with Gasteiger partial charge in [0.15, 0.2) is 5.96 Å². The molecule has 1 aliphatic heterocycles. The Kier molecular flexibility index (Phi) is 10.4.